The number of anilines is 1. The lowest BCUT2D eigenvalue weighted by molar-refractivity contribution is -0.384. The van der Waals surface area contributed by atoms with E-state index in [-0.39, 0.29) is 17.9 Å². The molecule has 0 bridgehead atoms. The van der Waals surface area contributed by atoms with Crippen molar-refractivity contribution < 1.29 is 19.2 Å². The van der Waals surface area contributed by atoms with Crippen molar-refractivity contribution in [2.45, 2.75) is 6.61 Å². The molecule has 3 aromatic carbocycles. The number of para-hydroxylation sites is 1. The van der Waals surface area contributed by atoms with Gasteiger partial charge < -0.3 is 14.8 Å². The number of ether oxygens (including phenoxy) is 2. The Labute approximate surface area is 184 Å². The summed E-state index contributed by atoms with van der Waals surface area (Å²) in [5.41, 5.74) is 1.54. The molecule has 0 aliphatic carbocycles. The summed E-state index contributed by atoms with van der Waals surface area (Å²) in [4.78, 5) is 23.0. The van der Waals surface area contributed by atoms with Crippen LogP contribution in [0, 0.1) is 21.4 Å². The molecule has 0 aliphatic rings. The quantitative estimate of drug-likeness (QED) is 0.240. The van der Waals surface area contributed by atoms with Crippen LogP contribution in [0.25, 0.3) is 6.08 Å². The number of methoxy groups -OCH3 is 1. The molecule has 0 saturated carbocycles. The Bertz CT molecular complexity index is 1200. The summed E-state index contributed by atoms with van der Waals surface area (Å²) in [6.07, 6.45) is 1.43. The Kier molecular flexibility index (Phi) is 7.17. The first-order valence-corrected chi connectivity index (χ1v) is 9.52. The van der Waals surface area contributed by atoms with Gasteiger partial charge in [-0.05, 0) is 42.0 Å². The minimum Gasteiger partial charge on any atom is -0.497 e. The van der Waals surface area contributed by atoms with Gasteiger partial charge in [0.25, 0.3) is 11.6 Å². The lowest BCUT2D eigenvalue weighted by atomic mass is 10.1. The van der Waals surface area contributed by atoms with Gasteiger partial charge in [0, 0.05) is 23.4 Å². The van der Waals surface area contributed by atoms with Crippen LogP contribution in [0.1, 0.15) is 11.1 Å². The van der Waals surface area contributed by atoms with Crippen molar-refractivity contribution in [3.05, 3.63) is 99.6 Å². The molecule has 0 aromatic heterocycles. The topological polar surface area (TPSA) is 114 Å². The number of amides is 1. The zero-order valence-electron chi connectivity index (χ0n) is 17.1. The number of nitro benzene ring substituents is 1. The molecule has 160 valence electrons. The van der Waals surface area contributed by atoms with Crippen LogP contribution in [0.4, 0.5) is 11.4 Å². The van der Waals surface area contributed by atoms with Crippen molar-refractivity contribution in [3.8, 4) is 17.6 Å². The number of nitrogens with zero attached hydrogens (tertiary/aromatic N) is 2. The summed E-state index contributed by atoms with van der Waals surface area (Å²) >= 11 is 0. The Hall–Kier alpha value is -4.64. The van der Waals surface area contributed by atoms with Crippen molar-refractivity contribution in [1.29, 1.82) is 5.26 Å². The fourth-order valence-corrected chi connectivity index (χ4v) is 2.83. The fourth-order valence-electron chi connectivity index (χ4n) is 2.83. The normalized spacial score (nSPS) is 10.7. The molecule has 0 aliphatic heterocycles. The summed E-state index contributed by atoms with van der Waals surface area (Å²) in [6.45, 7) is 0.0897. The van der Waals surface area contributed by atoms with Crippen LogP contribution in [0.2, 0.25) is 0 Å². The van der Waals surface area contributed by atoms with E-state index in [2.05, 4.69) is 5.32 Å². The molecule has 8 heteroatoms. The molecule has 0 saturated heterocycles. The molecule has 32 heavy (non-hydrogen) atoms. The fraction of sp³-hybridized carbons (Fsp3) is 0.0833. The molecule has 0 radical (unpaired) electrons. The monoisotopic (exact) mass is 429 g/mol. The Morgan fingerprint density at radius 2 is 1.88 bits per heavy atom. The largest absolute Gasteiger partial charge is 0.497 e. The van der Waals surface area contributed by atoms with Gasteiger partial charge in [-0.2, -0.15) is 5.26 Å². The van der Waals surface area contributed by atoms with Crippen LogP contribution < -0.4 is 14.8 Å². The zero-order chi connectivity index (χ0) is 22.9. The van der Waals surface area contributed by atoms with Crippen LogP contribution in [0.5, 0.6) is 11.5 Å². The van der Waals surface area contributed by atoms with E-state index in [4.69, 9.17) is 9.47 Å². The zero-order valence-corrected chi connectivity index (χ0v) is 17.1. The van der Waals surface area contributed by atoms with Crippen molar-refractivity contribution in [2.75, 3.05) is 12.4 Å². The van der Waals surface area contributed by atoms with Crippen LogP contribution >= 0.6 is 0 Å². The number of hydrogen-bond donors (Lipinski definition) is 1. The van der Waals surface area contributed by atoms with E-state index >= 15 is 0 Å². The smallest absolute Gasteiger partial charge is 0.269 e. The number of non-ortho nitro benzene ring substituents is 1. The first kappa shape index (κ1) is 22.1. The second kappa shape index (κ2) is 10.4. The first-order valence-electron chi connectivity index (χ1n) is 9.52. The van der Waals surface area contributed by atoms with Gasteiger partial charge in [-0.1, -0.05) is 30.3 Å². The number of nitro groups is 1. The van der Waals surface area contributed by atoms with Gasteiger partial charge in [0.2, 0.25) is 0 Å². The van der Waals surface area contributed by atoms with E-state index in [1.165, 1.54) is 18.2 Å². The predicted molar refractivity (Wildman–Crippen MR) is 119 cm³/mol. The second-order valence-corrected chi connectivity index (χ2v) is 6.61. The Morgan fingerprint density at radius 3 is 2.56 bits per heavy atom. The average Bonchev–Trinajstić information content (AvgIpc) is 2.82. The molecule has 0 fully saturated rings. The van der Waals surface area contributed by atoms with E-state index in [0.717, 1.165) is 0 Å². The van der Waals surface area contributed by atoms with E-state index < -0.39 is 10.8 Å². The molecule has 0 heterocycles. The average molecular weight is 429 g/mol. The minimum absolute atomic E-state index is 0.0266. The summed E-state index contributed by atoms with van der Waals surface area (Å²) in [7, 11) is 1.54. The molecule has 0 spiro atoms. The summed E-state index contributed by atoms with van der Waals surface area (Å²) in [6, 6.07) is 21.7. The lowest BCUT2D eigenvalue weighted by Crippen LogP contribution is -2.13. The van der Waals surface area contributed by atoms with Gasteiger partial charge in [0.1, 0.15) is 29.7 Å². The van der Waals surface area contributed by atoms with E-state index in [0.29, 0.717) is 28.3 Å². The summed E-state index contributed by atoms with van der Waals surface area (Å²) in [5, 5.41) is 23.1. The van der Waals surface area contributed by atoms with Gasteiger partial charge in [-0.25, -0.2) is 0 Å². The maximum Gasteiger partial charge on any atom is 0.269 e. The maximum absolute atomic E-state index is 12.6. The lowest BCUT2D eigenvalue weighted by Gasteiger charge is -2.10. The second-order valence-electron chi connectivity index (χ2n) is 6.61. The predicted octanol–water partition coefficient (Wildman–Crippen LogP) is 4.73. The Balaban J connectivity index is 1.76. The van der Waals surface area contributed by atoms with Crippen molar-refractivity contribution in [1.82, 2.24) is 0 Å². The van der Waals surface area contributed by atoms with Crippen LogP contribution in [0.15, 0.2) is 78.4 Å². The SMILES string of the molecule is COc1ccc(NC(=O)/C(C#N)=C/c2ccccc2OCc2cccc([N+](=O)[O-])c2)cc1. The highest BCUT2D eigenvalue weighted by molar-refractivity contribution is 6.09. The number of rotatable bonds is 8. The van der Waals surface area contributed by atoms with Crippen LogP contribution in [-0.4, -0.2) is 17.9 Å². The molecular formula is C24H19N3O5. The van der Waals surface area contributed by atoms with E-state index in [1.54, 1.807) is 67.8 Å². The molecule has 3 aromatic rings. The minimum atomic E-state index is -0.564. The van der Waals surface area contributed by atoms with Crippen LogP contribution in [-0.2, 0) is 11.4 Å². The molecular weight excluding hydrogens is 410 g/mol. The number of nitrogens with one attached hydrogen (secondary N) is 1. The maximum atomic E-state index is 12.6. The molecule has 8 nitrogen and oxygen atoms in total. The molecule has 0 atom stereocenters. The number of carbonyl (C=O) groups is 1. The summed E-state index contributed by atoms with van der Waals surface area (Å²) < 4.78 is 10.9. The summed E-state index contributed by atoms with van der Waals surface area (Å²) in [5.74, 6) is 0.518. The highest BCUT2D eigenvalue weighted by atomic mass is 16.6. The number of hydrogen-bond acceptors (Lipinski definition) is 6. The highest BCUT2D eigenvalue weighted by Crippen LogP contribution is 2.24. The number of nitriles is 1. The van der Waals surface area contributed by atoms with Gasteiger partial charge in [-0.15, -0.1) is 0 Å². The standard InChI is InChI=1S/C24H19N3O5/c1-31-22-11-9-20(10-12-22)26-24(28)19(15-25)14-18-6-2-3-8-23(18)32-16-17-5-4-7-21(13-17)27(29)30/h2-14H,16H2,1H3,(H,26,28)/b19-14+. The van der Waals surface area contributed by atoms with Gasteiger partial charge >= 0.3 is 0 Å². The van der Waals surface area contributed by atoms with E-state index in [9.17, 15) is 20.2 Å². The number of benzene rings is 3. The van der Waals surface area contributed by atoms with Crippen molar-refractivity contribution >= 4 is 23.4 Å². The third kappa shape index (κ3) is 5.70. The van der Waals surface area contributed by atoms with Crippen molar-refractivity contribution in [3.63, 3.8) is 0 Å². The van der Waals surface area contributed by atoms with Crippen LogP contribution in [0.3, 0.4) is 0 Å². The highest BCUT2D eigenvalue weighted by Gasteiger charge is 2.12. The molecule has 1 N–H and O–H groups in total. The molecule has 0 unspecified atom stereocenters. The third-order valence-corrected chi connectivity index (χ3v) is 4.45. The molecule has 1 amide bonds. The van der Waals surface area contributed by atoms with Gasteiger partial charge in [0.15, 0.2) is 0 Å². The van der Waals surface area contributed by atoms with Gasteiger partial charge in [0.05, 0.1) is 12.0 Å². The Morgan fingerprint density at radius 1 is 1.12 bits per heavy atom. The molecule has 3 rings (SSSR count). The van der Waals surface area contributed by atoms with Gasteiger partial charge in [-0.3, -0.25) is 14.9 Å². The van der Waals surface area contributed by atoms with E-state index in [1.807, 2.05) is 6.07 Å². The van der Waals surface area contributed by atoms with Crippen molar-refractivity contribution in [2.24, 2.45) is 0 Å². The third-order valence-electron chi connectivity index (χ3n) is 4.45. The number of carbonyl (C=O) groups excluding carboxylic acids is 1. The first-order chi connectivity index (χ1) is 15.5.